The molecule has 4 heteroatoms. The van der Waals surface area contributed by atoms with Crippen LogP contribution in [0.2, 0.25) is 0 Å². The molecule has 1 saturated heterocycles. The number of rotatable bonds is 9. The molecule has 4 nitrogen and oxygen atoms in total. The maximum atomic E-state index is 11.8. The Kier molecular flexibility index (Phi) is 8.07. The summed E-state index contributed by atoms with van der Waals surface area (Å²) in [6, 6.07) is 0. The highest BCUT2D eigenvalue weighted by molar-refractivity contribution is 5.75. The van der Waals surface area contributed by atoms with Crippen molar-refractivity contribution in [2.45, 2.75) is 58.5 Å². The first-order valence-corrected chi connectivity index (χ1v) is 7.75. The van der Waals surface area contributed by atoms with Crippen LogP contribution >= 0.6 is 0 Å². The number of nitrogens with two attached hydrogens (primary N) is 1. The maximum Gasteiger partial charge on any atom is 0.220 e. The molecule has 112 valence electrons. The van der Waals surface area contributed by atoms with Crippen LogP contribution in [0.1, 0.15) is 52.4 Å². The van der Waals surface area contributed by atoms with Crippen LogP contribution in [0.15, 0.2) is 0 Å². The van der Waals surface area contributed by atoms with Crippen LogP contribution in [-0.4, -0.2) is 31.7 Å². The fourth-order valence-corrected chi connectivity index (χ4v) is 2.79. The van der Waals surface area contributed by atoms with Gasteiger partial charge in [-0.25, -0.2) is 0 Å². The lowest BCUT2D eigenvalue weighted by Crippen LogP contribution is -2.32. The largest absolute Gasteiger partial charge is 0.378 e. The van der Waals surface area contributed by atoms with E-state index in [4.69, 9.17) is 10.5 Å². The Morgan fingerprint density at radius 2 is 2.21 bits per heavy atom. The van der Waals surface area contributed by atoms with E-state index in [0.29, 0.717) is 18.3 Å². The SMILES string of the molecule is CCCC(CCN)CCC(=O)NCC1CCOC1C. The molecule has 19 heavy (non-hydrogen) atoms. The molecule has 3 N–H and O–H groups in total. The Bertz CT molecular complexity index is 253. The normalized spacial score (nSPS) is 24.4. The first-order chi connectivity index (χ1) is 9.17. The van der Waals surface area contributed by atoms with Crippen LogP contribution in [0.25, 0.3) is 0 Å². The molecule has 1 aliphatic rings. The number of amides is 1. The van der Waals surface area contributed by atoms with Gasteiger partial charge in [0.25, 0.3) is 0 Å². The summed E-state index contributed by atoms with van der Waals surface area (Å²) in [4.78, 5) is 11.8. The van der Waals surface area contributed by atoms with Gasteiger partial charge in [0.05, 0.1) is 6.10 Å². The highest BCUT2D eigenvalue weighted by atomic mass is 16.5. The molecule has 1 aliphatic heterocycles. The quantitative estimate of drug-likeness (QED) is 0.674. The van der Waals surface area contributed by atoms with E-state index in [9.17, 15) is 4.79 Å². The third kappa shape index (κ3) is 6.39. The van der Waals surface area contributed by atoms with Gasteiger partial charge >= 0.3 is 0 Å². The van der Waals surface area contributed by atoms with E-state index in [-0.39, 0.29) is 12.0 Å². The Hall–Kier alpha value is -0.610. The van der Waals surface area contributed by atoms with Crippen molar-refractivity contribution in [1.82, 2.24) is 5.32 Å². The number of carbonyl (C=O) groups is 1. The second-order valence-corrected chi connectivity index (χ2v) is 5.70. The molecule has 0 saturated carbocycles. The summed E-state index contributed by atoms with van der Waals surface area (Å²) in [6.45, 7) is 6.59. The van der Waals surface area contributed by atoms with Crippen LogP contribution in [0, 0.1) is 11.8 Å². The molecule has 0 radical (unpaired) electrons. The summed E-state index contributed by atoms with van der Waals surface area (Å²) in [5, 5.41) is 3.04. The van der Waals surface area contributed by atoms with Gasteiger partial charge in [-0.2, -0.15) is 0 Å². The molecule has 0 aliphatic carbocycles. The topological polar surface area (TPSA) is 64.4 Å². The lowest BCUT2D eigenvalue weighted by atomic mass is 9.94. The van der Waals surface area contributed by atoms with Crippen molar-refractivity contribution < 1.29 is 9.53 Å². The monoisotopic (exact) mass is 270 g/mol. The zero-order valence-electron chi connectivity index (χ0n) is 12.5. The minimum Gasteiger partial charge on any atom is -0.378 e. The minimum atomic E-state index is 0.178. The zero-order valence-corrected chi connectivity index (χ0v) is 12.5. The van der Waals surface area contributed by atoms with Gasteiger partial charge in [0.2, 0.25) is 5.91 Å². The summed E-state index contributed by atoms with van der Waals surface area (Å²) >= 11 is 0. The average Bonchev–Trinajstić information content (AvgIpc) is 2.79. The Morgan fingerprint density at radius 1 is 1.42 bits per heavy atom. The van der Waals surface area contributed by atoms with E-state index in [1.54, 1.807) is 0 Å². The Balaban J connectivity index is 2.15. The molecule has 3 atom stereocenters. The summed E-state index contributed by atoms with van der Waals surface area (Å²) in [5.41, 5.74) is 5.61. The van der Waals surface area contributed by atoms with Gasteiger partial charge in [-0.05, 0) is 38.6 Å². The van der Waals surface area contributed by atoms with Crippen LogP contribution in [0.5, 0.6) is 0 Å². The lowest BCUT2D eigenvalue weighted by molar-refractivity contribution is -0.121. The number of carbonyl (C=O) groups excluding carboxylic acids is 1. The molecule has 0 aromatic rings. The second kappa shape index (κ2) is 9.32. The van der Waals surface area contributed by atoms with Crippen LogP contribution in [-0.2, 0) is 9.53 Å². The van der Waals surface area contributed by atoms with Gasteiger partial charge in [-0.1, -0.05) is 19.8 Å². The standard InChI is InChI=1S/C15H30N2O2/c1-3-4-13(7-9-16)5-6-15(18)17-11-14-8-10-19-12(14)2/h12-14H,3-11,16H2,1-2H3,(H,17,18). The van der Waals surface area contributed by atoms with E-state index in [2.05, 4.69) is 19.2 Å². The van der Waals surface area contributed by atoms with Crippen LogP contribution in [0.4, 0.5) is 0 Å². The molecule has 0 aromatic heterocycles. The highest BCUT2D eigenvalue weighted by Gasteiger charge is 2.24. The fourth-order valence-electron chi connectivity index (χ4n) is 2.79. The van der Waals surface area contributed by atoms with Crippen molar-refractivity contribution in [1.29, 1.82) is 0 Å². The van der Waals surface area contributed by atoms with Crippen molar-refractivity contribution >= 4 is 5.91 Å². The molecule has 0 aromatic carbocycles. The Labute approximate surface area is 117 Å². The molecule has 1 fully saturated rings. The summed E-state index contributed by atoms with van der Waals surface area (Å²) in [5.74, 6) is 1.27. The van der Waals surface area contributed by atoms with E-state index < -0.39 is 0 Å². The molecule has 1 heterocycles. The highest BCUT2D eigenvalue weighted by Crippen LogP contribution is 2.20. The van der Waals surface area contributed by atoms with E-state index in [1.165, 1.54) is 12.8 Å². The number of hydrogen-bond donors (Lipinski definition) is 2. The van der Waals surface area contributed by atoms with Crippen molar-refractivity contribution in [3.8, 4) is 0 Å². The van der Waals surface area contributed by atoms with Crippen molar-refractivity contribution in [2.24, 2.45) is 17.6 Å². The van der Waals surface area contributed by atoms with E-state index in [1.807, 2.05) is 0 Å². The van der Waals surface area contributed by atoms with Crippen molar-refractivity contribution in [3.05, 3.63) is 0 Å². The fraction of sp³-hybridized carbons (Fsp3) is 0.933. The third-order valence-corrected chi connectivity index (χ3v) is 4.15. The zero-order chi connectivity index (χ0) is 14.1. The number of ether oxygens (including phenoxy) is 1. The smallest absolute Gasteiger partial charge is 0.220 e. The van der Waals surface area contributed by atoms with E-state index >= 15 is 0 Å². The summed E-state index contributed by atoms with van der Waals surface area (Å²) in [7, 11) is 0. The predicted molar refractivity (Wildman–Crippen MR) is 77.8 cm³/mol. The first kappa shape index (κ1) is 16.4. The van der Waals surface area contributed by atoms with Crippen molar-refractivity contribution in [3.63, 3.8) is 0 Å². The molecule has 1 rings (SSSR count). The van der Waals surface area contributed by atoms with Gasteiger partial charge in [-0.15, -0.1) is 0 Å². The minimum absolute atomic E-state index is 0.178. The molecule has 3 unspecified atom stereocenters. The lowest BCUT2D eigenvalue weighted by Gasteiger charge is -2.17. The summed E-state index contributed by atoms with van der Waals surface area (Å²) < 4.78 is 5.49. The molecule has 0 spiro atoms. The van der Waals surface area contributed by atoms with Gasteiger partial charge in [0.15, 0.2) is 0 Å². The maximum absolute atomic E-state index is 11.8. The number of nitrogens with one attached hydrogen (secondary N) is 1. The van der Waals surface area contributed by atoms with Crippen LogP contribution < -0.4 is 11.1 Å². The first-order valence-electron chi connectivity index (χ1n) is 7.75. The van der Waals surface area contributed by atoms with Crippen LogP contribution in [0.3, 0.4) is 0 Å². The molecular weight excluding hydrogens is 240 g/mol. The molecule has 0 bridgehead atoms. The van der Waals surface area contributed by atoms with Gasteiger partial charge in [0, 0.05) is 25.5 Å². The third-order valence-electron chi connectivity index (χ3n) is 4.15. The molecule has 1 amide bonds. The van der Waals surface area contributed by atoms with E-state index in [0.717, 1.165) is 39.0 Å². The van der Waals surface area contributed by atoms with Gasteiger partial charge in [-0.3, -0.25) is 4.79 Å². The molecular formula is C15H30N2O2. The second-order valence-electron chi connectivity index (χ2n) is 5.70. The van der Waals surface area contributed by atoms with Crippen molar-refractivity contribution in [2.75, 3.05) is 19.7 Å². The average molecular weight is 270 g/mol. The Morgan fingerprint density at radius 3 is 2.79 bits per heavy atom. The van der Waals surface area contributed by atoms with Gasteiger partial charge in [0.1, 0.15) is 0 Å². The van der Waals surface area contributed by atoms with Gasteiger partial charge < -0.3 is 15.8 Å². The summed E-state index contributed by atoms with van der Waals surface area (Å²) in [6.07, 6.45) is 6.33. The number of hydrogen-bond acceptors (Lipinski definition) is 3. The predicted octanol–water partition coefficient (Wildman–Crippen LogP) is 2.07.